The summed E-state index contributed by atoms with van der Waals surface area (Å²) in [5, 5.41) is 3.03. The van der Waals surface area contributed by atoms with Crippen molar-refractivity contribution in [1.82, 2.24) is 5.32 Å². The largest absolute Gasteiger partial charge is 0.756 e. The van der Waals surface area contributed by atoms with E-state index in [0.29, 0.717) is 23.9 Å². The van der Waals surface area contributed by atoms with Gasteiger partial charge in [0.15, 0.2) is 0 Å². The van der Waals surface area contributed by atoms with Crippen LogP contribution in [0.15, 0.2) is 97.2 Å². The average molecular weight is 1140 g/mol. The van der Waals surface area contributed by atoms with Crippen molar-refractivity contribution in [2.45, 2.75) is 296 Å². The van der Waals surface area contributed by atoms with Crippen LogP contribution in [0.2, 0.25) is 0 Å². The van der Waals surface area contributed by atoms with Crippen LogP contribution >= 0.6 is 7.82 Å². The van der Waals surface area contributed by atoms with E-state index in [-0.39, 0.29) is 24.9 Å². The second-order valence-corrected chi connectivity index (χ2v) is 24.6. The number of nitrogens with one attached hydrogen (secondary N) is 1. The Morgan fingerprint density at radius 1 is 0.450 bits per heavy atom. The number of carbonyl (C=O) groups is 2. The van der Waals surface area contributed by atoms with E-state index in [1.807, 2.05) is 33.3 Å². The van der Waals surface area contributed by atoms with Crippen molar-refractivity contribution in [1.29, 1.82) is 0 Å². The standard InChI is InChI=1S/C70H125N2O7P/c1-7-10-13-16-19-22-25-28-30-32-34-35-36-37-39-41-43-45-48-51-54-57-60-63-70(74)79-68(61-58-55-52-49-46-27-24-21-18-15-12-9-3)67(66-78-80(75,76)77-65-64-72(4,5)6)71-69(73)62-59-56-53-50-47-44-42-40-38-33-31-29-26-23-20-17-14-11-8-2/h10,13,19-20,22-23,28-31,34-35,37,39,58,61,67-68H,7-9,11-12,14-18,21,24-27,32-33,36,38,40-57,59-60,62-66H2,1-6H3,(H-,71,73,75,76)/b13-10-,22-19-,23-20-,30-28-,31-29-,35-34-,39-37-,61-58+. The van der Waals surface area contributed by atoms with E-state index in [0.717, 1.165) is 116 Å². The summed E-state index contributed by atoms with van der Waals surface area (Å²) in [7, 11) is 1.17. The zero-order valence-electron chi connectivity index (χ0n) is 52.8. The minimum absolute atomic E-state index is 0.0290. The summed E-state index contributed by atoms with van der Waals surface area (Å²) in [5.41, 5.74) is 0. The van der Waals surface area contributed by atoms with Gasteiger partial charge in [-0.05, 0) is 109 Å². The average Bonchev–Trinajstić information content (AvgIpc) is 3.43. The Morgan fingerprint density at radius 3 is 1.23 bits per heavy atom. The number of quaternary nitrogens is 1. The Kier molecular flexibility index (Phi) is 56.8. The Bertz CT molecular complexity index is 1690. The molecule has 1 amide bonds. The summed E-state index contributed by atoms with van der Waals surface area (Å²) < 4.78 is 30.4. The highest BCUT2D eigenvalue weighted by molar-refractivity contribution is 7.45. The molecule has 0 saturated heterocycles. The second kappa shape index (κ2) is 59.1. The minimum Gasteiger partial charge on any atom is -0.756 e. The number of carbonyl (C=O) groups excluding carboxylic acids is 2. The maximum atomic E-state index is 13.6. The van der Waals surface area contributed by atoms with Crippen LogP contribution in [0.1, 0.15) is 284 Å². The van der Waals surface area contributed by atoms with Crippen molar-refractivity contribution in [3.05, 3.63) is 97.2 Å². The molecule has 10 heteroatoms. The van der Waals surface area contributed by atoms with Crippen LogP contribution in [0, 0.1) is 0 Å². The van der Waals surface area contributed by atoms with Gasteiger partial charge in [0.1, 0.15) is 19.3 Å². The van der Waals surface area contributed by atoms with Crippen LogP contribution in [0.4, 0.5) is 0 Å². The Morgan fingerprint density at radius 2 is 0.800 bits per heavy atom. The number of esters is 1. The smallest absolute Gasteiger partial charge is 0.306 e. The van der Waals surface area contributed by atoms with Gasteiger partial charge in [0.25, 0.3) is 7.82 Å². The minimum atomic E-state index is -4.71. The van der Waals surface area contributed by atoms with E-state index in [9.17, 15) is 19.0 Å². The Hall–Kier alpha value is -3.07. The third-order valence-electron chi connectivity index (χ3n) is 14.2. The zero-order chi connectivity index (χ0) is 58.6. The molecule has 0 aliphatic heterocycles. The molecule has 0 aromatic heterocycles. The molecule has 0 radical (unpaired) electrons. The Balaban J connectivity index is 5.21. The summed E-state index contributed by atoms with van der Waals surface area (Å²) in [4.78, 5) is 40.1. The van der Waals surface area contributed by atoms with Crippen molar-refractivity contribution in [3.63, 3.8) is 0 Å². The summed E-state index contributed by atoms with van der Waals surface area (Å²) in [6.07, 6.45) is 79.4. The van der Waals surface area contributed by atoms with Gasteiger partial charge in [-0.3, -0.25) is 14.2 Å². The van der Waals surface area contributed by atoms with Gasteiger partial charge >= 0.3 is 5.97 Å². The first kappa shape index (κ1) is 76.9. The molecule has 462 valence electrons. The molecule has 0 saturated carbocycles. The number of likely N-dealkylation sites (N-methyl/N-ethyl adjacent to an activating group) is 1. The van der Waals surface area contributed by atoms with Crippen molar-refractivity contribution in [2.24, 2.45) is 0 Å². The quantitative estimate of drug-likeness (QED) is 0.0212. The second-order valence-electron chi connectivity index (χ2n) is 23.2. The molecular weight excluding hydrogens is 1010 g/mol. The monoisotopic (exact) mass is 1140 g/mol. The van der Waals surface area contributed by atoms with E-state index in [4.69, 9.17) is 13.8 Å². The molecule has 0 spiro atoms. The molecule has 0 heterocycles. The number of amides is 1. The van der Waals surface area contributed by atoms with E-state index in [1.54, 1.807) is 0 Å². The lowest BCUT2D eigenvalue weighted by molar-refractivity contribution is -0.870. The summed E-state index contributed by atoms with van der Waals surface area (Å²) in [5.74, 6) is -0.558. The maximum absolute atomic E-state index is 13.6. The van der Waals surface area contributed by atoms with Crippen molar-refractivity contribution in [2.75, 3.05) is 40.9 Å². The Labute approximate surface area is 494 Å². The highest BCUT2D eigenvalue weighted by Gasteiger charge is 2.27. The van der Waals surface area contributed by atoms with Gasteiger partial charge in [0, 0.05) is 12.8 Å². The van der Waals surface area contributed by atoms with Gasteiger partial charge in [0.2, 0.25) is 5.91 Å². The number of nitrogens with zero attached hydrogens (tertiary/aromatic N) is 1. The molecule has 3 atom stereocenters. The SMILES string of the molecule is CC/C=C\C/C=C\C/C=C\C/C=C\C/C=C\CCCCCCCCCC(=O)OC(/C=C/CCCCCCCCCCCC)C(COP(=O)([O-])OCC[N+](C)(C)C)NC(=O)CCCCCCCCCCC/C=C\C/C=C\CCCCC. The fraction of sp³-hybridized carbons (Fsp3) is 0.743. The third kappa shape index (κ3) is 59.5. The van der Waals surface area contributed by atoms with Crippen LogP contribution in [-0.4, -0.2) is 69.4 Å². The van der Waals surface area contributed by atoms with Gasteiger partial charge in [-0.15, -0.1) is 0 Å². The van der Waals surface area contributed by atoms with Crippen molar-refractivity contribution < 1.29 is 37.3 Å². The number of phosphoric acid groups is 1. The van der Waals surface area contributed by atoms with E-state index in [1.165, 1.54) is 128 Å². The summed E-state index contributed by atoms with van der Waals surface area (Å²) in [6, 6.07) is -0.901. The van der Waals surface area contributed by atoms with Gasteiger partial charge in [0.05, 0.1) is 33.8 Å². The summed E-state index contributed by atoms with van der Waals surface area (Å²) >= 11 is 0. The molecule has 9 nitrogen and oxygen atoms in total. The first-order valence-corrected chi connectivity index (χ1v) is 34.5. The lowest BCUT2D eigenvalue weighted by Crippen LogP contribution is -2.47. The molecular formula is C70H125N2O7P. The third-order valence-corrected chi connectivity index (χ3v) is 15.2. The molecule has 0 rings (SSSR count). The number of allylic oxidation sites excluding steroid dienone is 15. The predicted octanol–water partition coefficient (Wildman–Crippen LogP) is 20.1. The van der Waals surface area contributed by atoms with Crippen molar-refractivity contribution in [3.8, 4) is 0 Å². The lowest BCUT2D eigenvalue weighted by Gasteiger charge is -2.30. The molecule has 0 fully saturated rings. The van der Waals surface area contributed by atoms with Crippen LogP contribution in [0.3, 0.4) is 0 Å². The maximum Gasteiger partial charge on any atom is 0.306 e. The van der Waals surface area contributed by atoms with Gasteiger partial charge < -0.3 is 28.5 Å². The normalized spacial score (nSPS) is 14.2. The highest BCUT2D eigenvalue weighted by Crippen LogP contribution is 2.38. The summed E-state index contributed by atoms with van der Waals surface area (Å²) in [6.45, 7) is 6.70. The predicted molar refractivity (Wildman–Crippen MR) is 344 cm³/mol. The fourth-order valence-corrected chi connectivity index (χ4v) is 9.89. The van der Waals surface area contributed by atoms with Gasteiger partial charge in [-0.25, -0.2) is 0 Å². The van der Waals surface area contributed by atoms with Crippen molar-refractivity contribution >= 4 is 19.7 Å². The molecule has 3 unspecified atom stereocenters. The molecule has 0 aromatic rings. The van der Waals surface area contributed by atoms with Crippen LogP contribution in [-0.2, 0) is 27.9 Å². The molecule has 0 aliphatic rings. The van der Waals surface area contributed by atoms with E-state index in [2.05, 4.69) is 111 Å². The number of hydrogen-bond acceptors (Lipinski definition) is 7. The number of hydrogen-bond donors (Lipinski definition) is 1. The number of phosphoric ester groups is 1. The number of ether oxygens (including phenoxy) is 1. The van der Waals surface area contributed by atoms with E-state index < -0.39 is 26.6 Å². The van der Waals surface area contributed by atoms with Crippen LogP contribution < -0.4 is 10.2 Å². The van der Waals surface area contributed by atoms with Crippen LogP contribution in [0.5, 0.6) is 0 Å². The molecule has 0 bridgehead atoms. The lowest BCUT2D eigenvalue weighted by atomic mass is 10.0. The molecule has 0 aromatic carbocycles. The number of rotatable bonds is 59. The van der Waals surface area contributed by atoms with Gasteiger partial charge in [-0.2, -0.15) is 0 Å². The van der Waals surface area contributed by atoms with Crippen LogP contribution in [0.25, 0.3) is 0 Å². The zero-order valence-corrected chi connectivity index (χ0v) is 53.7. The molecule has 0 aliphatic carbocycles. The first-order chi connectivity index (χ1) is 38.9. The molecule has 1 N–H and O–H groups in total. The van der Waals surface area contributed by atoms with E-state index >= 15 is 0 Å². The molecule has 80 heavy (non-hydrogen) atoms. The highest BCUT2D eigenvalue weighted by atomic mass is 31.2. The number of unbranched alkanes of at least 4 members (excludes halogenated alkanes) is 29. The first-order valence-electron chi connectivity index (χ1n) is 33.0. The fourth-order valence-electron chi connectivity index (χ4n) is 9.17. The van der Waals surface area contributed by atoms with Gasteiger partial charge in [-0.1, -0.05) is 260 Å². The topological polar surface area (TPSA) is 114 Å².